The lowest BCUT2D eigenvalue weighted by molar-refractivity contribution is 0.307. The van der Waals surface area contributed by atoms with Gasteiger partial charge >= 0.3 is 0 Å². The SMILES string of the molecule is COc1ccc2c(COc3cccc(S(C)(=N)=O)c3)ccnc2c1. The molecule has 0 saturated carbocycles. The van der Waals surface area contributed by atoms with Crippen molar-refractivity contribution in [3.8, 4) is 11.5 Å². The first-order valence-electron chi connectivity index (χ1n) is 7.36. The molecule has 0 aliphatic heterocycles. The Morgan fingerprint density at radius 3 is 2.71 bits per heavy atom. The van der Waals surface area contributed by atoms with Gasteiger partial charge in [0.25, 0.3) is 0 Å². The zero-order chi connectivity index (χ0) is 17.2. The molecule has 5 nitrogen and oxygen atoms in total. The first-order valence-corrected chi connectivity index (χ1v) is 9.32. The van der Waals surface area contributed by atoms with Crippen molar-refractivity contribution in [2.24, 2.45) is 0 Å². The van der Waals surface area contributed by atoms with Gasteiger partial charge in [0.2, 0.25) is 0 Å². The Labute approximate surface area is 141 Å². The largest absolute Gasteiger partial charge is 0.497 e. The summed E-state index contributed by atoms with van der Waals surface area (Å²) in [4.78, 5) is 4.82. The molecule has 1 N–H and O–H groups in total. The van der Waals surface area contributed by atoms with E-state index < -0.39 is 9.73 Å². The van der Waals surface area contributed by atoms with Crippen LogP contribution in [0, 0.1) is 4.78 Å². The van der Waals surface area contributed by atoms with E-state index in [0.29, 0.717) is 17.3 Å². The number of hydrogen-bond acceptors (Lipinski definition) is 5. The van der Waals surface area contributed by atoms with E-state index in [9.17, 15) is 4.21 Å². The average Bonchev–Trinajstić information content (AvgIpc) is 2.59. The minimum Gasteiger partial charge on any atom is -0.497 e. The van der Waals surface area contributed by atoms with Gasteiger partial charge < -0.3 is 9.47 Å². The minimum absolute atomic E-state index is 0.359. The summed E-state index contributed by atoms with van der Waals surface area (Å²) < 4.78 is 30.6. The Kier molecular flexibility index (Phi) is 4.40. The maximum atomic E-state index is 11.8. The van der Waals surface area contributed by atoms with Gasteiger partial charge in [-0.15, -0.1) is 0 Å². The predicted octanol–water partition coefficient (Wildman–Crippen LogP) is 3.86. The highest BCUT2D eigenvalue weighted by atomic mass is 32.2. The van der Waals surface area contributed by atoms with Gasteiger partial charge in [-0.3, -0.25) is 4.98 Å². The van der Waals surface area contributed by atoms with Crippen molar-refractivity contribution in [3.63, 3.8) is 0 Å². The molecule has 0 fully saturated rings. The van der Waals surface area contributed by atoms with E-state index in [-0.39, 0.29) is 0 Å². The van der Waals surface area contributed by atoms with E-state index in [1.54, 1.807) is 37.6 Å². The molecule has 0 spiro atoms. The molecule has 3 aromatic rings. The fraction of sp³-hybridized carbons (Fsp3) is 0.167. The summed E-state index contributed by atoms with van der Waals surface area (Å²) in [6.07, 6.45) is 3.13. The second kappa shape index (κ2) is 6.49. The second-order valence-electron chi connectivity index (χ2n) is 5.46. The van der Waals surface area contributed by atoms with E-state index in [2.05, 4.69) is 4.98 Å². The monoisotopic (exact) mass is 342 g/mol. The Balaban J connectivity index is 1.86. The molecule has 0 aliphatic rings. The first kappa shape index (κ1) is 16.3. The Morgan fingerprint density at radius 2 is 1.96 bits per heavy atom. The van der Waals surface area contributed by atoms with E-state index in [1.165, 1.54) is 6.26 Å². The molecule has 1 aromatic heterocycles. The highest BCUT2D eigenvalue weighted by Gasteiger charge is 2.07. The van der Waals surface area contributed by atoms with Crippen molar-refractivity contribution in [2.45, 2.75) is 11.5 Å². The van der Waals surface area contributed by atoms with E-state index in [0.717, 1.165) is 22.2 Å². The zero-order valence-electron chi connectivity index (χ0n) is 13.5. The lowest BCUT2D eigenvalue weighted by Crippen LogP contribution is -1.99. The number of benzene rings is 2. The van der Waals surface area contributed by atoms with Crippen LogP contribution < -0.4 is 9.47 Å². The predicted molar refractivity (Wildman–Crippen MR) is 94.1 cm³/mol. The molecular formula is C18H18N2O3S. The Hall–Kier alpha value is -2.60. The lowest BCUT2D eigenvalue weighted by atomic mass is 10.1. The number of methoxy groups -OCH3 is 1. The summed E-state index contributed by atoms with van der Waals surface area (Å²) in [5.74, 6) is 1.35. The van der Waals surface area contributed by atoms with Crippen molar-refractivity contribution >= 4 is 20.6 Å². The molecule has 0 aliphatic carbocycles. The molecular weight excluding hydrogens is 324 g/mol. The molecule has 1 heterocycles. The number of pyridine rings is 1. The minimum atomic E-state index is -2.75. The van der Waals surface area contributed by atoms with Gasteiger partial charge in [0, 0.05) is 29.5 Å². The van der Waals surface area contributed by atoms with Crippen LogP contribution in [-0.2, 0) is 16.3 Å². The van der Waals surface area contributed by atoms with Crippen LogP contribution in [0.5, 0.6) is 11.5 Å². The molecule has 124 valence electrons. The van der Waals surface area contributed by atoms with Gasteiger partial charge in [0.15, 0.2) is 0 Å². The number of fused-ring (bicyclic) bond motifs is 1. The van der Waals surface area contributed by atoms with E-state index in [1.807, 2.05) is 24.3 Å². The molecule has 0 saturated heterocycles. The molecule has 3 rings (SSSR count). The maximum Gasteiger partial charge on any atom is 0.121 e. The number of nitrogens with one attached hydrogen (secondary N) is 1. The number of nitrogens with zero attached hydrogens (tertiary/aromatic N) is 1. The highest BCUT2D eigenvalue weighted by Crippen LogP contribution is 2.24. The summed E-state index contributed by atoms with van der Waals surface area (Å²) in [5, 5.41) is 0.995. The third-order valence-corrected chi connectivity index (χ3v) is 4.84. The second-order valence-corrected chi connectivity index (χ2v) is 7.62. The Bertz CT molecular complexity index is 984. The van der Waals surface area contributed by atoms with Crippen LogP contribution in [0.4, 0.5) is 0 Å². The molecule has 0 amide bonds. The zero-order valence-corrected chi connectivity index (χ0v) is 14.3. The first-order chi connectivity index (χ1) is 11.5. The van der Waals surface area contributed by atoms with Crippen LogP contribution in [0.15, 0.2) is 59.6 Å². The molecule has 0 radical (unpaired) electrons. The fourth-order valence-electron chi connectivity index (χ4n) is 2.41. The van der Waals surface area contributed by atoms with Crippen LogP contribution in [0.25, 0.3) is 10.9 Å². The van der Waals surface area contributed by atoms with Crippen LogP contribution in [-0.4, -0.2) is 22.6 Å². The summed E-state index contributed by atoms with van der Waals surface area (Å²) in [5.41, 5.74) is 1.84. The Morgan fingerprint density at radius 1 is 1.12 bits per heavy atom. The molecule has 24 heavy (non-hydrogen) atoms. The number of hydrogen-bond donors (Lipinski definition) is 1. The summed E-state index contributed by atoms with van der Waals surface area (Å²) >= 11 is 0. The summed E-state index contributed by atoms with van der Waals surface area (Å²) in [6, 6.07) is 14.5. The quantitative estimate of drug-likeness (QED) is 0.764. The van der Waals surface area contributed by atoms with Gasteiger partial charge in [0.05, 0.1) is 27.3 Å². The third-order valence-electron chi connectivity index (χ3n) is 3.69. The normalized spacial score (nSPS) is 13.4. The number of aromatic nitrogens is 1. The molecule has 6 heteroatoms. The fourth-order valence-corrected chi connectivity index (χ4v) is 3.09. The topological polar surface area (TPSA) is 72.3 Å². The van der Waals surface area contributed by atoms with Gasteiger partial charge in [-0.1, -0.05) is 6.07 Å². The third kappa shape index (κ3) is 3.49. The molecule has 0 bridgehead atoms. The smallest absolute Gasteiger partial charge is 0.121 e. The summed E-state index contributed by atoms with van der Waals surface area (Å²) in [6.45, 7) is 0.359. The van der Waals surface area contributed by atoms with Crippen LogP contribution >= 0.6 is 0 Å². The molecule has 2 aromatic carbocycles. The maximum absolute atomic E-state index is 11.8. The standard InChI is InChI=1S/C18H18N2O3S/c1-22-14-6-7-17-13(8-9-20-18(17)11-14)12-23-15-4-3-5-16(10-15)24(2,19)21/h3-11,19H,12H2,1-2H3. The van der Waals surface area contributed by atoms with Gasteiger partial charge in [0.1, 0.15) is 18.1 Å². The highest BCUT2D eigenvalue weighted by molar-refractivity contribution is 7.91. The van der Waals surface area contributed by atoms with Crippen LogP contribution in [0.1, 0.15) is 5.56 Å². The lowest BCUT2D eigenvalue weighted by Gasteiger charge is -2.10. The van der Waals surface area contributed by atoms with Gasteiger partial charge in [-0.2, -0.15) is 0 Å². The van der Waals surface area contributed by atoms with E-state index >= 15 is 0 Å². The summed E-state index contributed by atoms with van der Waals surface area (Å²) in [7, 11) is -1.13. The van der Waals surface area contributed by atoms with Crippen molar-refractivity contribution in [2.75, 3.05) is 13.4 Å². The van der Waals surface area contributed by atoms with Crippen LogP contribution in [0.2, 0.25) is 0 Å². The van der Waals surface area contributed by atoms with E-state index in [4.69, 9.17) is 14.3 Å². The van der Waals surface area contributed by atoms with Crippen molar-refractivity contribution < 1.29 is 13.7 Å². The molecule has 1 unspecified atom stereocenters. The number of ether oxygens (including phenoxy) is 2. The number of rotatable bonds is 5. The van der Waals surface area contributed by atoms with Crippen molar-refractivity contribution in [1.82, 2.24) is 4.98 Å². The van der Waals surface area contributed by atoms with Crippen LogP contribution in [0.3, 0.4) is 0 Å². The van der Waals surface area contributed by atoms with Gasteiger partial charge in [-0.25, -0.2) is 8.99 Å². The average molecular weight is 342 g/mol. The van der Waals surface area contributed by atoms with Gasteiger partial charge in [-0.05, 0) is 36.4 Å². The van der Waals surface area contributed by atoms with Crippen molar-refractivity contribution in [3.05, 3.63) is 60.3 Å². The van der Waals surface area contributed by atoms with Crippen molar-refractivity contribution in [1.29, 1.82) is 4.78 Å². The molecule has 1 atom stereocenters.